The van der Waals surface area contributed by atoms with E-state index in [0.29, 0.717) is 17.4 Å². The van der Waals surface area contributed by atoms with Gasteiger partial charge in [0.05, 0.1) is 24.6 Å². The topological polar surface area (TPSA) is 101 Å². The first kappa shape index (κ1) is 15.5. The summed E-state index contributed by atoms with van der Waals surface area (Å²) in [7, 11) is 0. The molecule has 1 atom stereocenters. The van der Waals surface area contributed by atoms with Gasteiger partial charge in [-0.25, -0.2) is 0 Å². The average molecular weight is 337 g/mol. The van der Waals surface area contributed by atoms with Crippen LogP contribution < -0.4 is 10.6 Å². The molecule has 4 heterocycles. The molecule has 0 radical (unpaired) electrons. The van der Waals surface area contributed by atoms with Crippen LogP contribution in [0.15, 0.2) is 43.1 Å². The molecule has 1 aliphatic rings. The first-order valence-electron chi connectivity index (χ1n) is 8.30. The number of hydrogen-bond acceptors (Lipinski definition) is 5. The maximum Gasteiger partial charge on any atom is 0.274 e. The van der Waals surface area contributed by atoms with Gasteiger partial charge in [0.1, 0.15) is 5.69 Å². The highest BCUT2D eigenvalue weighted by Gasteiger charge is 2.17. The Morgan fingerprint density at radius 3 is 3.00 bits per heavy atom. The smallest absolute Gasteiger partial charge is 0.274 e. The molecule has 4 rings (SSSR count). The van der Waals surface area contributed by atoms with Gasteiger partial charge in [-0.1, -0.05) is 0 Å². The standard InChI is InChI=1S/C17H19N7O/c25-17(16-15(9-20-23-16)12-3-6-18-7-4-12)22-14-8-21-24(11-14)10-13-2-1-5-19-13/h3-4,6-9,11,13,19H,1-2,5,10H2,(H,20,23)(H,22,25). The van der Waals surface area contributed by atoms with Crippen LogP contribution in [-0.2, 0) is 6.54 Å². The minimum Gasteiger partial charge on any atom is -0.318 e. The molecule has 1 saturated heterocycles. The van der Waals surface area contributed by atoms with E-state index >= 15 is 0 Å². The fourth-order valence-electron chi connectivity index (χ4n) is 3.07. The number of carbonyl (C=O) groups is 1. The first-order valence-corrected chi connectivity index (χ1v) is 8.30. The third-order valence-corrected chi connectivity index (χ3v) is 4.32. The van der Waals surface area contributed by atoms with Gasteiger partial charge in [0.25, 0.3) is 5.91 Å². The van der Waals surface area contributed by atoms with E-state index in [1.54, 1.807) is 24.8 Å². The summed E-state index contributed by atoms with van der Waals surface area (Å²) in [5.41, 5.74) is 2.70. The second-order valence-corrected chi connectivity index (χ2v) is 6.09. The molecule has 3 N–H and O–H groups in total. The van der Waals surface area contributed by atoms with Gasteiger partial charge in [-0.05, 0) is 37.1 Å². The zero-order chi connectivity index (χ0) is 17.1. The summed E-state index contributed by atoms with van der Waals surface area (Å²) < 4.78 is 1.86. The highest BCUT2D eigenvalue weighted by Crippen LogP contribution is 2.22. The molecule has 8 nitrogen and oxygen atoms in total. The number of carbonyl (C=O) groups excluding carboxylic acids is 1. The number of nitrogens with zero attached hydrogens (tertiary/aromatic N) is 4. The summed E-state index contributed by atoms with van der Waals surface area (Å²) in [5, 5.41) is 17.4. The van der Waals surface area contributed by atoms with Crippen molar-refractivity contribution in [1.29, 1.82) is 0 Å². The van der Waals surface area contributed by atoms with Gasteiger partial charge in [-0.2, -0.15) is 10.2 Å². The lowest BCUT2D eigenvalue weighted by molar-refractivity contribution is 0.102. The van der Waals surface area contributed by atoms with E-state index in [2.05, 4.69) is 30.9 Å². The number of aromatic amines is 1. The Bertz CT molecular complexity index is 849. The van der Waals surface area contributed by atoms with E-state index in [4.69, 9.17) is 0 Å². The van der Waals surface area contributed by atoms with Crippen LogP contribution in [0.4, 0.5) is 5.69 Å². The van der Waals surface area contributed by atoms with Gasteiger partial charge in [-0.3, -0.25) is 19.6 Å². The van der Waals surface area contributed by atoms with Crippen LogP contribution in [0, 0.1) is 0 Å². The van der Waals surface area contributed by atoms with Crippen LogP contribution >= 0.6 is 0 Å². The molecule has 25 heavy (non-hydrogen) atoms. The Hall–Kier alpha value is -3.00. The van der Waals surface area contributed by atoms with Crippen molar-refractivity contribution in [1.82, 2.24) is 30.3 Å². The van der Waals surface area contributed by atoms with Gasteiger partial charge in [-0.15, -0.1) is 0 Å². The Labute approximate surface area is 144 Å². The summed E-state index contributed by atoms with van der Waals surface area (Å²) >= 11 is 0. The Morgan fingerprint density at radius 2 is 2.20 bits per heavy atom. The largest absolute Gasteiger partial charge is 0.318 e. The van der Waals surface area contributed by atoms with Crippen molar-refractivity contribution in [3.8, 4) is 11.1 Å². The third-order valence-electron chi connectivity index (χ3n) is 4.32. The maximum atomic E-state index is 12.6. The number of aromatic nitrogens is 5. The summed E-state index contributed by atoms with van der Waals surface area (Å²) in [4.78, 5) is 16.6. The predicted molar refractivity (Wildman–Crippen MR) is 93.0 cm³/mol. The molecule has 1 fully saturated rings. The maximum absolute atomic E-state index is 12.6. The molecule has 0 saturated carbocycles. The van der Waals surface area contributed by atoms with E-state index < -0.39 is 0 Å². The van der Waals surface area contributed by atoms with Crippen molar-refractivity contribution in [2.75, 3.05) is 11.9 Å². The van der Waals surface area contributed by atoms with E-state index in [1.807, 2.05) is 23.0 Å². The molecule has 3 aromatic heterocycles. The average Bonchev–Trinajstić information content (AvgIpc) is 3.37. The van der Waals surface area contributed by atoms with E-state index in [1.165, 1.54) is 6.42 Å². The lowest BCUT2D eigenvalue weighted by atomic mass is 10.1. The quantitative estimate of drug-likeness (QED) is 0.657. The number of anilines is 1. The zero-order valence-corrected chi connectivity index (χ0v) is 13.6. The molecule has 0 bridgehead atoms. The predicted octanol–water partition coefficient (Wildman–Crippen LogP) is 1.67. The second kappa shape index (κ2) is 6.86. The summed E-state index contributed by atoms with van der Waals surface area (Å²) in [6.07, 6.45) is 10.9. The van der Waals surface area contributed by atoms with Crippen LogP contribution in [-0.4, -0.2) is 43.5 Å². The molecule has 8 heteroatoms. The minimum atomic E-state index is -0.247. The van der Waals surface area contributed by atoms with Gasteiger partial charge >= 0.3 is 0 Å². The first-order chi connectivity index (χ1) is 12.3. The molecule has 0 aromatic carbocycles. The fraction of sp³-hybridized carbons (Fsp3) is 0.294. The summed E-state index contributed by atoms with van der Waals surface area (Å²) in [6.45, 7) is 1.87. The lowest BCUT2D eigenvalue weighted by Crippen LogP contribution is -2.26. The molecule has 0 spiro atoms. The minimum absolute atomic E-state index is 0.247. The molecular weight excluding hydrogens is 318 g/mol. The van der Waals surface area contributed by atoms with Crippen LogP contribution in [0.3, 0.4) is 0 Å². The molecule has 0 aliphatic carbocycles. The Morgan fingerprint density at radius 1 is 1.32 bits per heavy atom. The van der Waals surface area contributed by atoms with Crippen LogP contribution in [0.1, 0.15) is 23.3 Å². The number of pyridine rings is 1. The van der Waals surface area contributed by atoms with Crippen molar-refractivity contribution in [2.24, 2.45) is 0 Å². The Kier molecular flexibility index (Phi) is 4.26. The lowest BCUT2D eigenvalue weighted by Gasteiger charge is -2.09. The number of nitrogens with one attached hydrogen (secondary N) is 3. The van der Waals surface area contributed by atoms with Crippen LogP contribution in [0.2, 0.25) is 0 Å². The normalized spacial score (nSPS) is 16.9. The summed E-state index contributed by atoms with van der Waals surface area (Å²) in [6, 6.07) is 4.14. The van der Waals surface area contributed by atoms with Crippen molar-refractivity contribution in [3.05, 3.63) is 48.8 Å². The van der Waals surface area contributed by atoms with Gasteiger partial charge in [0.2, 0.25) is 0 Å². The monoisotopic (exact) mass is 337 g/mol. The SMILES string of the molecule is O=C(Nc1cnn(CC2CCCN2)c1)c1[nH]ncc1-c1ccncc1. The third kappa shape index (κ3) is 3.43. The number of H-pyrrole nitrogens is 1. The second-order valence-electron chi connectivity index (χ2n) is 6.09. The summed E-state index contributed by atoms with van der Waals surface area (Å²) in [5.74, 6) is -0.247. The van der Waals surface area contributed by atoms with Crippen LogP contribution in [0.25, 0.3) is 11.1 Å². The number of amides is 1. The van der Waals surface area contributed by atoms with Crippen molar-refractivity contribution >= 4 is 11.6 Å². The molecule has 128 valence electrons. The van der Waals surface area contributed by atoms with E-state index in [9.17, 15) is 4.79 Å². The van der Waals surface area contributed by atoms with Gasteiger partial charge < -0.3 is 10.6 Å². The zero-order valence-electron chi connectivity index (χ0n) is 13.6. The van der Waals surface area contributed by atoms with Crippen molar-refractivity contribution < 1.29 is 4.79 Å². The number of rotatable bonds is 5. The van der Waals surface area contributed by atoms with Gasteiger partial charge in [0, 0.05) is 30.2 Å². The molecule has 3 aromatic rings. The van der Waals surface area contributed by atoms with Crippen molar-refractivity contribution in [3.63, 3.8) is 0 Å². The molecular formula is C17H19N7O. The molecule has 1 amide bonds. The van der Waals surface area contributed by atoms with E-state index in [0.717, 1.165) is 30.6 Å². The molecule has 1 unspecified atom stereocenters. The molecule has 1 aliphatic heterocycles. The van der Waals surface area contributed by atoms with Crippen molar-refractivity contribution in [2.45, 2.75) is 25.4 Å². The fourth-order valence-corrected chi connectivity index (χ4v) is 3.07. The van der Waals surface area contributed by atoms with Crippen LogP contribution in [0.5, 0.6) is 0 Å². The Balaban J connectivity index is 1.46. The van der Waals surface area contributed by atoms with E-state index in [-0.39, 0.29) is 5.91 Å². The van der Waals surface area contributed by atoms with Gasteiger partial charge in [0.15, 0.2) is 0 Å². The highest BCUT2D eigenvalue weighted by molar-refractivity contribution is 6.07. The highest BCUT2D eigenvalue weighted by atomic mass is 16.2. The number of hydrogen-bond donors (Lipinski definition) is 3.